The summed E-state index contributed by atoms with van der Waals surface area (Å²) in [5, 5.41) is 33.4. The number of nitrogens with zero attached hydrogens (tertiary/aromatic N) is 4. The largest absolute Gasteiger partial charge is 0.386 e. The quantitative estimate of drug-likeness (QED) is 0.732. The Morgan fingerprint density at radius 2 is 1.82 bits per heavy atom. The number of fused-ring (bicyclic) bond motifs is 1. The summed E-state index contributed by atoms with van der Waals surface area (Å²) in [7, 11) is 0. The molecule has 2 aliphatic carbocycles. The van der Waals surface area contributed by atoms with Gasteiger partial charge in [-0.05, 0) is 68.9 Å². The molecule has 1 unspecified atom stereocenters. The Morgan fingerprint density at radius 1 is 1.12 bits per heavy atom. The molecule has 3 aliphatic rings. The van der Waals surface area contributed by atoms with Crippen molar-refractivity contribution in [2.45, 2.75) is 70.5 Å². The highest BCUT2D eigenvalue weighted by molar-refractivity contribution is 5.68. The predicted molar refractivity (Wildman–Crippen MR) is 132 cm³/mol. The zero-order chi connectivity index (χ0) is 24.3. The van der Waals surface area contributed by atoms with Gasteiger partial charge in [-0.1, -0.05) is 26.0 Å². The van der Waals surface area contributed by atoms with Gasteiger partial charge in [0.25, 0.3) is 0 Å². The van der Waals surface area contributed by atoms with Crippen molar-refractivity contribution in [3.8, 4) is 6.07 Å². The van der Waals surface area contributed by atoms with Crippen molar-refractivity contribution in [2.75, 3.05) is 18.0 Å². The molecule has 178 valence electrons. The average Bonchev–Trinajstić information content (AvgIpc) is 3.65. The fourth-order valence-electron chi connectivity index (χ4n) is 5.41. The number of pyridine rings is 2. The van der Waals surface area contributed by atoms with Gasteiger partial charge < -0.3 is 15.1 Å². The van der Waals surface area contributed by atoms with Crippen LogP contribution in [0.15, 0.2) is 24.5 Å². The summed E-state index contributed by atoms with van der Waals surface area (Å²) in [6.45, 7) is 9.20. The highest BCUT2D eigenvalue weighted by atomic mass is 16.3. The van der Waals surface area contributed by atoms with Gasteiger partial charge in [0.15, 0.2) is 0 Å². The van der Waals surface area contributed by atoms with E-state index in [1.54, 1.807) is 20.0 Å². The number of hydrogen-bond acceptors (Lipinski definition) is 6. The van der Waals surface area contributed by atoms with Gasteiger partial charge in [0, 0.05) is 30.1 Å². The molecule has 0 radical (unpaired) electrons. The first-order valence-electron chi connectivity index (χ1n) is 12.4. The van der Waals surface area contributed by atoms with Gasteiger partial charge in [0.2, 0.25) is 0 Å². The minimum atomic E-state index is -0.978. The number of rotatable bonds is 4. The minimum absolute atomic E-state index is 0.184. The normalized spacial score (nSPS) is 24.3. The third kappa shape index (κ3) is 3.91. The summed E-state index contributed by atoms with van der Waals surface area (Å²) in [5.41, 5.74) is 2.76. The van der Waals surface area contributed by atoms with Crippen molar-refractivity contribution < 1.29 is 10.2 Å². The molecular weight excluding hydrogens is 424 g/mol. The molecule has 0 aromatic carbocycles. The molecule has 6 heteroatoms. The van der Waals surface area contributed by atoms with Crippen LogP contribution in [0.4, 0.5) is 5.69 Å². The number of hydrogen-bond donors (Lipinski definition) is 2. The van der Waals surface area contributed by atoms with Crippen LogP contribution in [0.25, 0.3) is 11.6 Å². The minimum Gasteiger partial charge on any atom is -0.386 e. The number of anilines is 1. The van der Waals surface area contributed by atoms with Crippen LogP contribution >= 0.6 is 0 Å². The molecule has 2 aromatic heterocycles. The summed E-state index contributed by atoms with van der Waals surface area (Å²) in [6.07, 6.45) is 9.46. The maximum Gasteiger partial charge on any atom is 0.110 e. The molecule has 0 bridgehead atoms. The first-order valence-corrected chi connectivity index (χ1v) is 12.4. The maximum atomic E-state index is 11.4. The van der Waals surface area contributed by atoms with Crippen LogP contribution in [0.1, 0.15) is 76.1 Å². The zero-order valence-corrected chi connectivity index (χ0v) is 20.5. The number of aromatic nitrogens is 2. The Hall–Kier alpha value is -2.75. The molecule has 2 fully saturated rings. The second kappa shape index (κ2) is 8.18. The Kier molecular flexibility index (Phi) is 5.54. The van der Waals surface area contributed by atoms with Crippen molar-refractivity contribution in [1.29, 1.82) is 5.26 Å². The van der Waals surface area contributed by atoms with Crippen LogP contribution in [-0.2, 0) is 11.2 Å². The summed E-state index contributed by atoms with van der Waals surface area (Å²) in [5.74, 6) is 1.02. The van der Waals surface area contributed by atoms with Crippen LogP contribution < -0.4 is 15.5 Å². The fourth-order valence-corrected chi connectivity index (χ4v) is 5.41. The first-order chi connectivity index (χ1) is 16.1. The molecule has 0 spiro atoms. The molecule has 1 saturated heterocycles. The topological polar surface area (TPSA) is 93.3 Å². The SMILES string of the molecule is CC1C(C#N)=c2ncc(N3CCC(O)(c4ccc(C(C)(C)O)cn4)CC3)c(C3CC3)c2=C[C@@H]1C. The van der Waals surface area contributed by atoms with Crippen LogP contribution in [0.3, 0.4) is 0 Å². The van der Waals surface area contributed by atoms with Gasteiger partial charge in [0.05, 0.1) is 40.2 Å². The number of aliphatic hydroxyl groups is 2. The van der Waals surface area contributed by atoms with Gasteiger partial charge >= 0.3 is 0 Å². The first kappa shape index (κ1) is 23.0. The third-order valence-electron chi connectivity index (χ3n) is 8.05. The molecule has 6 nitrogen and oxygen atoms in total. The molecule has 5 rings (SSSR count). The Bertz CT molecular complexity index is 1260. The van der Waals surface area contributed by atoms with E-state index in [1.165, 1.54) is 18.4 Å². The summed E-state index contributed by atoms with van der Waals surface area (Å²) in [4.78, 5) is 11.7. The molecule has 1 saturated carbocycles. The molecule has 2 atom stereocenters. The van der Waals surface area contributed by atoms with Gasteiger partial charge in [-0.2, -0.15) is 5.26 Å². The molecular formula is C28H34N4O2. The van der Waals surface area contributed by atoms with E-state index in [2.05, 4.69) is 35.9 Å². The summed E-state index contributed by atoms with van der Waals surface area (Å²) in [6, 6.07) is 6.13. The molecule has 1 aliphatic heterocycles. The van der Waals surface area contributed by atoms with Gasteiger partial charge in [-0.15, -0.1) is 0 Å². The second-order valence-corrected chi connectivity index (χ2v) is 10.9. The average molecular weight is 459 g/mol. The van der Waals surface area contributed by atoms with Gasteiger partial charge in [-0.3, -0.25) is 9.97 Å². The van der Waals surface area contributed by atoms with E-state index in [4.69, 9.17) is 4.98 Å². The standard InChI is InChI=1S/C28H34N4O2/c1-17-13-21-25(19-5-6-19)23(16-31-26(21)22(14-29)18(17)2)32-11-9-28(34,10-12-32)24-8-7-20(15-30-24)27(3,4)33/h7-8,13,15-19,33-34H,5-6,9-12H2,1-4H3/t17-,18?/m0/s1. The van der Waals surface area contributed by atoms with Crippen molar-refractivity contribution in [3.63, 3.8) is 0 Å². The lowest BCUT2D eigenvalue weighted by Gasteiger charge is -2.40. The van der Waals surface area contributed by atoms with E-state index in [0.717, 1.165) is 27.4 Å². The van der Waals surface area contributed by atoms with E-state index in [0.29, 0.717) is 43.5 Å². The van der Waals surface area contributed by atoms with Crippen molar-refractivity contribution >= 4 is 17.3 Å². The van der Waals surface area contributed by atoms with E-state index < -0.39 is 11.2 Å². The molecule has 3 heterocycles. The van der Waals surface area contributed by atoms with Crippen LogP contribution in [0.5, 0.6) is 0 Å². The molecule has 2 aromatic rings. The lowest BCUT2D eigenvalue weighted by molar-refractivity contribution is 0.00724. The monoisotopic (exact) mass is 458 g/mol. The predicted octanol–water partition coefficient (Wildman–Crippen LogP) is 2.81. The molecule has 0 amide bonds. The van der Waals surface area contributed by atoms with Crippen molar-refractivity contribution in [3.05, 3.63) is 51.9 Å². The van der Waals surface area contributed by atoms with E-state index >= 15 is 0 Å². The lowest BCUT2D eigenvalue weighted by atomic mass is 9.83. The van der Waals surface area contributed by atoms with Gasteiger partial charge in [0.1, 0.15) is 5.60 Å². The highest BCUT2D eigenvalue weighted by Crippen LogP contribution is 2.44. The van der Waals surface area contributed by atoms with Crippen LogP contribution in [0, 0.1) is 23.2 Å². The zero-order valence-electron chi connectivity index (χ0n) is 20.5. The fraction of sp³-hybridized carbons (Fsp3) is 0.536. The highest BCUT2D eigenvalue weighted by Gasteiger charge is 2.38. The van der Waals surface area contributed by atoms with E-state index in [9.17, 15) is 15.5 Å². The second-order valence-electron chi connectivity index (χ2n) is 10.9. The maximum absolute atomic E-state index is 11.4. The lowest BCUT2D eigenvalue weighted by Crippen LogP contribution is -2.46. The Balaban J connectivity index is 1.45. The van der Waals surface area contributed by atoms with Crippen LogP contribution in [0.2, 0.25) is 0 Å². The summed E-state index contributed by atoms with van der Waals surface area (Å²) >= 11 is 0. The number of nitriles is 1. The van der Waals surface area contributed by atoms with Crippen molar-refractivity contribution in [1.82, 2.24) is 9.97 Å². The van der Waals surface area contributed by atoms with Crippen LogP contribution in [-0.4, -0.2) is 33.3 Å². The molecule has 34 heavy (non-hydrogen) atoms. The van der Waals surface area contributed by atoms with E-state index in [-0.39, 0.29) is 5.92 Å². The smallest absolute Gasteiger partial charge is 0.110 e. The summed E-state index contributed by atoms with van der Waals surface area (Å²) < 4.78 is 0. The van der Waals surface area contributed by atoms with Crippen molar-refractivity contribution in [2.24, 2.45) is 11.8 Å². The third-order valence-corrected chi connectivity index (χ3v) is 8.05. The Morgan fingerprint density at radius 3 is 2.38 bits per heavy atom. The molecule has 2 N–H and O–H groups in total. The number of piperidine rings is 1. The van der Waals surface area contributed by atoms with Gasteiger partial charge in [-0.25, -0.2) is 0 Å². The van der Waals surface area contributed by atoms with E-state index in [1.807, 2.05) is 18.3 Å². The Labute approximate surface area is 201 Å².